The number of carbonyl (C=O) groups is 2. The molecule has 0 aliphatic carbocycles. The fourth-order valence-corrected chi connectivity index (χ4v) is 2.20. The van der Waals surface area contributed by atoms with E-state index < -0.39 is 23.3 Å². The Morgan fingerprint density at radius 1 is 1.45 bits per heavy atom. The minimum atomic E-state index is -0.952. The highest BCUT2D eigenvalue weighted by Crippen LogP contribution is 2.15. The van der Waals surface area contributed by atoms with Gasteiger partial charge in [-0.25, -0.2) is 9.59 Å². The largest absolute Gasteiger partial charge is 0.464 e. The standard InChI is InChI=1S/C12H16N2O5S/c1-4-19-11(17)9(6-20-8(3)15)14-5-7(2)10(16)13-12(14)18/h5,9H,4,6H2,1-3H3,(H,13,16,18)/t9-/m1/s1. The first kappa shape index (κ1) is 16.2. The first-order valence-corrected chi connectivity index (χ1v) is 6.97. The summed E-state index contributed by atoms with van der Waals surface area (Å²) in [5, 5.41) is -0.173. The minimum absolute atomic E-state index is 0.0690. The predicted octanol–water partition coefficient (Wildman–Crippen LogP) is 0.229. The van der Waals surface area contributed by atoms with Gasteiger partial charge in [0, 0.05) is 24.4 Å². The van der Waals surface area contributed by atoms with Crippen LogP contribution in [0.4, 0.5) is 0 Å². The second-order valence-corrected chi connectivity index (χ2v) is 5.25. The number of aryl methyl sites for hydroxylation is 1. The number of ether oxygens (including phenoxy) is 1. The Morgan fingerprint density at radius 2 is 2.10 bits per heavy atom. The summed E-state index contributed by atoms with van der Waals surface area (Å²) in [6.07, 6.45) is 1.30. The summed E-state index contributed by atoms with van der Waals surface area (Å²) in [7, 11) is 0. The van der Waals surface area contributed by atoms with Crippen LogP contribution in [-0.2, 0) is 14.3 Å². The molecule has 0 aliphatic heterocycles. The number of nitrogens with zero attached hydrogens (tertiary/aromatic N) is 1. The summed E-state index contributed by atoms with van der Waals surface area (Å²) in [4.78, 5) is 48.2. The number of aromatic amines is 1. The maximum Gasteiger partial charge on any atom is 0.330 e. The molecule has 1 rings (SSSR count). The summed E-state index contributed by atoms with van der Waals surface area (Å²) in [6.45, 7) is 4.70. The van der Waals surface area contributed by atoms with Crippen LogP contribution in [0.1, 0.15) is 25.5 Å². The van der Waals surface area contributed by atoms with Crippen LogP contribution in [-0.4, -0.2) is 33.0 Å². The van der Waals surface area contributed by atoms with Crippen LogP contribution < -0.4 is 11.2 Å². The Morgan fingerprint density at radius 3 is 2.65 bits per heavy atom. The van der Waals surface area contributed by atoms with Crippen molar-refractivity contribution in [2.45, 2.75) is 26.8 Å². The van der Waals surface area contributed by atoms with E-state index in [9.17, 15) is 19.2 Å². The van der Waals surface area contributed by atoms with Crippen LogP contribution in [0.15, 0.2) is 15.8 Å². The third-order valence-corrected chi connectivity index (χ3v) is 3.37. The van der Waals surface area contributed by atoms with Gasteiger partial charge in [-0.3, -0.25) is 19.1 Å². The molecule has 0 unspecified atom stereocenters. The van der Waals surface area contributed by atoms with Crippen LogP contribution in [0, 0.1) is 6.92 Å². The molecule has 0 radical (unpaired) electrons. The van der Waals surface area contributed by atoms with E-state index in [0.717, 1.165) is 16.3 Å². The van der Waals surface area contributed by atoms with Gasteiger partial charge >= 0.3 is 11.7 Å². The Balaban J connectivity index is 3.19. The third-order valence-electron chi connectivity index (χ3n) is 2.48. The Bertz CT molecular complexity index is 619. The molecule has 20 heavy (non-hydrogen) atoms. The number of rotatable bonds is 5. The van der Waals surface area contributed by atoms with Gasteiger partial charge in [-0.15, -0.1) is 0 Å². The molecule has 0 aliphatic rings. The molecule has 0 spiro atoms. The lowest BCUT2D eigenvalue weighted by Crippen LogP contribution is -2.37. The lowest BCUT2D eigenvalue weighted by molar-refractivity contribution is -0.146. The number of carbonyl (C=O) groups excluding carboxylic acids is 2. The van der Waals surface area contributed by atoms with Crippen molar-refractivity contribution in [2.24, 2.45) is 0 Å². The van der Waals surface area contributed by atoms with E-state index in [4.69, 9.17) is 4.74 Å². The van der Waals surface area contributed by atoms with E-state index in [1.54, 1.807) is 6.92 Å². The van der Waals surface area contributed by atoms with Crippen LogP contribution in [0.25, 0.3) is 0 Å². The molecule has 1 aromatic heterocycles. The molecule has 7 nitrogen and oxygen atoms in total. The van der Waals surface area contributed by atoms with Crippen molar-refractivity contribution < 1.29 is 14.3 Å². The van der Waals surface area contributed by atoms with Crippen molar-refractivity contribution in [3.63, 3.8) is 0 Å². The molecule has 110 valence electrons. The zero-order chi connectivity index (χ0) is 15.3. The molecular weight excluding hydrogens is 284 g/mol. The van der Waals surface area contributed by atoms with Gasteiger partial charge in [0.2, 0.25) is 0 Å². The molecule has 1 atom stereocenters. The fourth-order valence-electron chi connectivity index (χ4n) is 1.51. The zero-order valence-corrected chi connectivity index (χ0v) is 12.3. The van der Waals surface area contributed by atoms with E-state index in [-0.39, 0.29) is 17.5 Å². The van der Waals surface area contributed by atoms with E-state index >= 15 is 0 Å². The summed E-state index contributed by atoms with van der Waals surface area (Å²) in [5.41, 5.74) is -0.914. The van der Waals surface area contributed by atoms with E-state index in [1.807, 2.05) is 0 Å². The highest BCUT2D eigenvalue weighted by atomic mass is 32.2. The number of aromatic nitrogens is 2. The van der Waals surface area contributed by atoms with Crippen LogP contribution in [0.2, 0.25) is 0 Å². The van der Waals surface area contributed by atoms with Crippen molar-refractivity contribution in [2.75, 3.05) is 12.4 Å². The molecule has 0 bridgehead atoms. The number of hydrogen-bond donors (Lipinski definition) is 1. The van der Waals surface area contributed by atoms with Gasteiger partial charge in [-0.2, -0.15) is 0 Å². The Hall–Kier alpha value is -1.83. The number of thioether (sulfide) groups is 1. The van der Waals surface area contributed by atoms with E-state index in [1.165, 1.54) is 20.0 Å². The van der Waals surface area contributed by atoms with Crippen molar-refractivity contribution in [3.05, 3.63) is 32.6 Å². The van der Waals surface area contributed by atoms with Gasteiger partial charge in [0.25, 0.3) is 5.56 Å². The van der Waals surface area contributed by atoms with Crippen molar-refractivity contribution in [1.82, 2.24) is 9.55 Å². The average molecular weight is 300 g/mol. The maximum absolute atomic E-state index is 11.9. The summed E-state index contributed by atoms with van der Waals surface area (Å²) >= 11 is 0.916. The second-order valence-electron chi connectivity index (χ2n) is 4.05. The molecule has 8 heteroatoms. The lowest BCUT2D eigenvalue weighted by atomic mass is 10.3. The molecule has 0 aromatic carbocycles. The molecule has 1 aromatic rings. The number of hydrogen-bond acceptors (Lipinski definition) is 6. The molecule has 0 saturated heterocycles. The quantitative estimate of drug-likeness (QED) is 0.782. The van der Waals surface area contributed by atoms with E-state index in [0.29, 0.717) is 5.56 Å². The van der Waals surface area contributed by atoms with Gasteiger partial charge < -0.3 is 4.74 Å². The van der Waals surface area contributed by atoms with Gasteiger partial charge in [0.15, 0.2) is 5.12 Å². The Kier molecular flexibility index (Phi) is 5.75. The highest BCUT2D eigenvalue weighted by Gasteiger charge is 2.24. The van der Waals surface area contributed by atoms with Crippen molar-refractivity contribution in [1.29, 1.82) is 0 Å². The van der Waals surface area contributed by atoms with E-state index in [2.05, 4.69) is 4.98 Å². The summed E-state index contributed by atoms with van der Waals surface area (Å²) in [6, 6.07) is -0.952. The first-order chi connectivity index (χ1) is 9.36. The summed E-state index contributed by atoms with van der Waals surface area (Å²) < 4.78 is 5.99. The minimum Gasteiger partial charge on any atom is -0.464 e. The van der Waals surface area contributed by atoms with Crippen LogP contribution >= 0.6 is 11.8 Å². The van der Waals surface area contributed by atoms with Crippen molar-refractivity contribution >= 4 is 22.8 Å². The third kappa shape index (κ3) is 4.09. The zero-order valence-electron chi connectivity index (χ0n) is 11.5. The number of nitrogens with one attached hydrogen (secondary N) is 1. The van der Waals surface area contributed by atoms with Crippen LogP contribution in [0.5, 0.6) is 0 Å². The monoisotopic (exact) mass is 300 g/mol. The second kappa shape index (κ2) is 7.09. The van der Waals surface area contributed by atoms with Gasteiger partial charge in [0.05, 0.1) is 6.61 Å². The average Bonchev–Trinajstić information content (AvgIpc) is 2.35. The fraction of sp³-hybridized carbons (Fsp3) is 0.500. The smallest absolute Gasteiger partial charge is 0.330 e. The molecule has 1 heterocycles. The number of H-pyrrole nitrogens is 1. The van der Waals surface area contributed by atoms with Gasteiger partial charge in [-0.1, -0.05) is 11.8 Å². The van der Waals surface area contributed by atoms with Crippen molar-refractivity contribution in [3.8, 4) is 0 Å². The molecular formula is C12H16N2O5S. The molecule has 0 fully saturated rings. The SMILES string of the molecule is CCOC(=O)[C@@H](CSC(C)=O)n1cc(C)c(=O)[nH]c1=O. The Labute approximate surface area is 119 Å². The normalized spacial score (nSPS) is 11.9. The van der Waals surface area contributed by atoms with Gasteiger partial charge in [-0.05, 0) is 13.8 Å². The number of esters is 1. The molecule has 0 saturated carbocycles. The molecule has 0 amide bonds. The van der Waals surface area contributed by atoms with Gasteiger partial charge in [0.1, 0.15) is 6.04 Å². The molecule has 1 N–H and O–H groups in total. The van der Waals surface area contributed by atoms with Crippen LogP contribution in [0.3, 0.4) is 0 Å². The topological polar surface area (TPSA) is 98.2 Å². The summed E-state index contributed by atoms with van der Waals surface area (Å²) in [5.74, 6) is -0.547. The lowest BCUT2D eigenvalue weighted by Gasteiger charge is -2.17. The maximum atomic E-state index is 11.9. The first-order valence-electron chi connectivity index (χ1n) is 5.98. The predicted molar refractivity (Wildman–Crippen MR) is 74.9 cm³/mol. The highest BCUT2D eigenvalue weighted by molar-refractivity contribution is 8.13.